The lowest BCUT2D eigenvalue weighted by Crippen LogP contribution is -2.15. The molecule has 6 heteroatoms. The van der Waals surface area contributed by atoms with E-state index in [-0.39, 0.29) is 11.5 Å². The topological polar surface area (TPSA) is 66.4 Å². The van der Waals surface area contributed by atoms with Gasteiger partial charge >= 0.3 is 0 Å². The second-order valence-electron chi connectivity index (χ2n) is 4.78. The van der Waals surface area contributed by atoms with Gasteiger partial charge in [0.1, 0.15) is 0 Å². The number of anilines is 1. The van der Waals surface area contributed by atoms with Gasteiger partial charge in [0.2, 0.25) is 0 Å². The van der Waals surface area contributed by atoms with Crippen LogP contribution in [0.2, 0.25) is 5.02 Å². The summed E-state index contributed by atoms with van der Waals surface area (Å²) >= 11 is 5.98. The molecule has 0 bridgehead atoms. The molecule has 0 heterocycles. The zero-order chi connectivity index (χ0) is 15.6. The molecule has 2 aromatic carbocycles. The Labute approximate surface area is 129 Å². The molecule has 0 saturated heterocycles. The summed E-state index contributed by atoms with van der Waals surface area (Å²) in [4.78, 5) is 0.142. The van der Waals surface area contributed by atoms with Gasteiger partial charge in [-0.3, -0.25) is 4.72 Å². The molecule has 0 aliphatic carbocycles. The van der Waals surface area contributed by atoms with Crippen LogP contribution in [0.3, 0.4) is 0 Å². The van der Waals surface area contributed by atoms with Crippen LogP contribution in [0.25, 0.3) is 0 Å². The summed E-state index contributed by atoms with van der Waals surface area (Å²) in [5.41, 5.74) is 2.36. The standard InChI is InChI=1S/C15H16ClNO3S/c1-10-6-7-12(9-18)8-14(10)17-21(19,20)15-5-3-4-13(16)11(15)2/h3-8,17-18H,9H2,1-2H3. The Bertz CT molecular complexity index is 772. The molecule has 0 amide bonds. The van der Waals surface area contributed by atoms with E-state index in [1.807, 2.05) is 0 Å². The summed E-state index contributed by atoms with van der Waals surface area (Å²) in [5.74, 6) is 0. The lowest BCUT2D eigenvalue weighted by Gasteiger charge is -2.13. The molecule has 2 rings (SSSR count). The van der Waals surface area contributed by atoms with Crippen LogP contribution >= 0.6 is 11.6 Å². The van der Waals surface area contributed by atoms with Crippen molar-refractivity contribution in [3.05, 3.63) is 58.1 Å². The zero-order valence-corrected chi connectivity index (χ0v) is 13.3. The predicted octanol–water partition coefficient (Wildman–Crippen LogP) is 3.25. The second kappa shape index (κ2) is 6.05. The first-order chi connectivity index (χ1) is 9.85. The van der Waals surface area contributed by atoms with Gasteiger partial charge in [0, 0.05) is 5.02 Å². The van der Waals surface area contributed by atoms with Crippen LogP contribution in [-0.4, -0.2) is 13.5 Å². The number of nitrogens with one attached hydrogen (secondary N) is 1. The van der Waals surface area contributed by atoms with E-state index in [0.717, 1.165) is 5.56 Å². The molecule has 0 spiro atoms. The number of halogens is 1. The Morgan fingerprint density at radius 2 is 1.90 bits per heavy atom. The van der Waals surface area contributed by atoms with E-state index in [9.17, 15) is 8.42 Å². The van der Waals surface area contributed by atoms with Crippen LogP contribution < -0.4 is 4.72 Å². The van der Waals surface area contributed by atoms with E-state index >= 15 is 0 Å². The number of benzene rings is 2. The van der Waals surface area contributed by atoms with Gasteiger partial charge in [0.05, 0.1) is 17.2 Å². The van der Waals surface area contributed by atoms with E-state index in [0.29, 0.717) is 21.8 Å². The number of aliphatic hydroxyl groups is 1. The number of hydrogen-bond donors (Lipinski definition) is 2. The summed E-state index contributed by atoms with van der Waals surface area (Å²) in [5, 5.41) is 9.56. The van der Waals surface area contributed by atoms with E-state index in [4.69, 9.17) is 16.7 Å². The van der Waals surface area contributed by atoms with Gasteiger partial charge in [-0.05, 0) is 48.7 Å². The maximum absolute atomic E-state index is 12.5. The average Bonchev–Trinajstić information content (AvgIpc) is 2.44. The van der Waals surface area contributed by atoms with Gasteiger partial charge < -0.3 is 5.11 Å². The number of hydrogen-bond acceptors (Lipinski definition) is 3. The number of rotatable bonds is 4. The van der Waals surface area contributed by atoms with Crippen LogP contribution in [0.1, 0.15) is 16.7 Å². The molecule has 4 nitrogen and oxygen atoms in total. The normalized spacial score (nSPS) is 11.4. The molecule has 0 atom stereocenters. The first kappa shape index (κ1) is 15.8. The fourth-order valence-electron chi connectivity index (χ4n) is 1.96. The van der Waals surface area contributed by atoms with E-state index < -0.39 is 10.0 Å². The average molecular weight is 326 g/mol. The van der Waals surface area contributed by atoms with Crippen LogP contribution in [-0.2, 0) is 16.6 Å². The highest BCUT2D eigenvalue weighted by atomic mass is 35.5. The van der Waals surface area contributed by atoms with Gasteiger partial charge in [-0.25, -0.2) is 8.42 Å². The Kier molecular flexibility index (Phi) is 4.56. The molecule has 0 saturated carbocycles. The summed E-state index contributed by atoms with van der Waals surface area (Å²) in [6, 6.07) is 9.88. The first-order valence-corrected chi connectivity index (χ1v) is 8.19. The molecular weight excluding hydrogens is 310 g/mol. The van der Waals surface area contributed by atoms with Gasteiger partial charge in [-0.1, -0.05) is 29.8 Å². The molecular formula is C15H16ClNO3S. The monoisotopic (exact) mass is 325 g/mol. The van der Waals surface area contributed by atoms with Crippen molar-refractivity contribution in [1.82, 2.24) is 0 Å². The van der Waals surface area contributed by atoms with Crippen LogP contribution in [0.4, 0.5) is 5.69 Å². The maximum atomic E-state index is 12.5. The fourth-order valence-corrected chi connectivity index (χ4v) is 3.58. The summed E-state index contributed by atoms with van der Waals surface area (Å²) < 4.78 is 27.5. The molecule has 2 N–H and O–H groups in total. The van der Waals surface area contributed by atoms with Crippen molar-refractivity contribution in [3.63, 3.8) is 0 Å². The first-order valence-electron chi connectivity index (χ1n) is 6.33. The molecule has 0 aliphatic heterocycles. The van der Waals surface area contributed by atoms with Crippen molar-refractivity contribution in [2.75, 3.05) is 4.72 Å². The van der Waals surface area contributed by atoms with E-state index in [1.54, 1.807) is 44.2 Å². The third-order valence-corrected chi connectivity index (χ3v) is 5.16. The summed E-state index contributed by atoms with van der Waals surface area (Å²) in [6.45, 7) is 3.31. The van der Waals surface area contributed by atoms with Crippen molar-refractivity contribution >= 4 is 27.3 Å². The van der Waals surface area contributed by atoms with Crippen LogP contribution in [0.5, 0.6) is 0 Å². The molecule has 0 fully saturated rings. The summed E-state index contributed by atoms with van der Waals surface area (Å²) in [7, 11) is -3.73. The third kappa shape index (κ3) is 3.37. The molecule has 2 aromatic rings. The fraction of sp³-hybridized carbons (Fsp3) is 0.200. The molecule has 0 unspecified atom stereocenters. The number of aliphatic hydroxyl groups excluding tert-OH is 1. The second-order valence-corrected chi connectivity index (χ2v) is 6.83. The van der Waals surface area contributed by atoms with Gasteiger partial charge in [0.15, 0.2) is 0 Å². The quantitative estimate of drug-likeness (QED) is 0.906. The van der Waals surface area contributed by atoms with E-state index in [1.165, 1.54) is 6.07 Å². The zero-order valence-electron chi connectivity index (χ0n) is 11.7. The van der Waals surface area contributed by atoms with Crippen LogP contribution in [0.15, 0.2) is 41.3 Å². The minimum absolute atomic E-state index is 0.142. The lowest BCUT2D eigenvalue weighted by atomic mass is 10.1. The predicted molar refractivity (Wildman–Crippen MR) is 84.1 cm³/mol. The Morgan fingerprint density at radius 3 is 2.57 bits per heavy atom. The molecule has 0 radical (unpaired) electrons. The maximum Gasteiger partial charge on any atom is 0.262 e. The Hall–Kier alpha value is -1.56. The minimum atomic E-state index is -3.73. The van der Waals surface area contributed by atoms with E-state index in [2.05, 4.69) is 4.72 Å². The van der Waals surface area contributed by atoms with Crippen molar-refractivity contribution in [2.45, 2.75) is 25.3 Å². The Balaban J connectivity index is 2.45. The van der Waals surface area contributed by atoms with Crippen LogP contribution in [0, 0.1) is 13.8 Å². The Morgan fingerprint density at radius 1 is 1.19 bits per heavy atom. The largest absolute Gasteiger partial charge is 0.392 e. The highest BCUT2D eigenvalue weighted by Crippen LogP contribution is 2.26. The molecule has 0 aliphatic rings. The molecule has 112 valence electrons. The third-order valence-electron chi connectivity index (χ3n) is 3.24. The smallest absolute Gasteiger partial charge is 0.262 e. The molecule has 0 aromatic heterocycles. The van der Waals surface area contributed by atoms with Crippen molar-refractivity contribution in [3.8, 4) is 0 Å². The summed E-state index contributed by atoms with van der Waals surface area (Å²) in [6.07, 6.45) is 0. The highest BCUT2D eigenvalue weighted by Gasteiger charge is 2.19. The van der Waals surface area contributed by atoms with Crippen molar-refractivity contribution in [1.29, 1.82) is 0 Å². The highest BCUT2D eigenvalue weighted by molar-refractivity contribution is 7.92. The van der Waals surface area contributed by atoms with Crippen molar-refractivity contribution < 1.29 is 13.5 Å². The SMILES string of the molecule is Cc1ccc(CO)cc1NS(=O)(=O)c1cccc(Cl)c1C. The minimum Gasteiger partial charge on any atom is -0.392 e. The number of aryl methyl sites for hydroxylation is 1. The van der Waals surface area contributed by atoms with Gasteiger partial charge in [-0.15, -0.1) is 0 Å². The van der Waals surface area contributed by atoms with Crippen molar-refractivity contribution in [2.24, 2.45) is 0 Å². The lowest BCUT2D eigenvalue weighted by molar-refractivity contribution is 0.282. The number of sulfonamides is 1. The van der Waals surface area contributed by atoms with Gasteiger partial charge in [-0.2, -0.15) is 0 Å². The van der Waals surface area contributed by atoms with Gasteiger partial charge in [0.25, 0.3) is 10.0 Å². The molecule has 21 heavy (non-hydrogen) atoms.